The van der Waals surface area contributed by atoms with Crippen LogP contribution in [0.4, 0.5) is 0 Å². The molecule has 0 aliphatic carbocycles. The maximum absolute atomic E-state index is 13.3. The van der Waals surface area contributed by atoms with Gasteiger partial charge in [-0.3, -0.25) is 0 Å². The standard InChI is InChI=1S/C18H20ClN3O2S2/c1-11-10-14(19)22-16(20-11)15(17(21-22)25-5)26(23,24)13-8-6-12(7-9-13)18(2,3)4/h6-10H,1-5H3. The third-order valence-corrected chi connectivity index (χ3v) is 6.97. The Bertz CT molecular complexity index is 1080. The van der Waals surface area contributed by atoms with Crippen molar-refractivity contribution in [3.8, 4) is 0 Å². The van der Waals surface area contributed by atoms with E-state index in [0.717, 1.165) is 5.56 Å². The maximum Gasteiger partial charge on any atom is 0.213 e. The van der Waals surface area contributed by atoms with Crippen LogP contribution < -0.4 is 0 Å². The van der Waals surface area contributed by atoms with Crippen LogP contribution in [-0.2, 0) is 15.3 Å². The van der Waals surface area contributed by atoms with Crippen molar-refractivity contribution < 1.29 is 8.42 Å². The fraction of sp³-hybridized carbons (Fsp3) is 0.333. The van der Waals surface area contributed by atoms with Crippen molar-refractivity contribution in [2.75, 3.05) is 6.26 Å². The third kappa shape index (κ3) is 3.23. The van der Waals surface area contributed by atoms with Crippen LogP contribution in [-0.4, -0.2) is 29.3 Å². The van der Waals surface area contributed by atoms with Gasteiger partial charge in [0.25, 0.3) is 0 Å². The Morgan fingerprint density at radius 2 is 1.77 bits per heavy atom. The molecule has 0 radical (unpaired) electrons. The number of benzene rings is 1. The quantitative estimate of drug-likeness (QED) is 0.469. The SMILES string of the molecule is CSc1nn2c(Cl)cc(C)nc2c1S(=O)(=O)c1ccc(C(C)(C)C)cc1. The zero-order valence-electron chi connectivity index (χ0n) is 15.2. The smallest absolute Gasteiger partial charge is 0.213 e. The number of fused-ring (bicyclic) bond motifs is 1. The van der Waals surface area contributed by atoms with Gasteiger partial charge in [0.15, 0.2) is 10.5 Å². The molecule has 3 aromatic rings. The number of nitrogens with zero attached hydrogens (tertiary/aromatic N) is 3. The molecule has 2 aromatic heterocycles. The summed E-state index contributed by atoms with van der Waals surface area (Å²) in [6.45, 7) is 8.03. The van der Waals surface area contributed by atoms with E-state index in [1.165, 1.54) is 16.3 Å². The Morgan fingerprint density at radius 1 is 1.15 bits per heavy atom. The average molecular weight is 410 g/mol. The first-order valence-electron chi connectivity index (χ1n) is 8.01. The molecule has 5 nitrogen and oxygen atoms in total. The molecule has 0 saturated heterocycles. The number of aromatic nitrogens is 3. The van der Waals surface area contributed by atoms with Gasteiger partial charge in [-0.2, -0.15) is 5.10 Å². The van der Waals surface area contributed by atoms with Crippen molar-refractivity contribution >= 4 is 38.8 Å². The Morgan fingerprint density at radius 3 is 2.31 bits per heavy atom. The minimum atomic E-state index is -3.79. The average Bonchev–Trinajstić information content (AvgIpc) is 2.93. The summed E-state index contributed by atoms with van der Waals surface area (Å²) in [6, 6.07) is 8.63. The first-order chi connectivity index (χ1) is 12.1. The monoisotopic (exact) mass is 409 g/mol. The number of hydrogen-bond donors (Lipinski definition) is 0. The molecular weight excluding hydrogens is 390 g/mol. The summed E-state index contributed by atoms with van der Waals surface area (Å²) in [4.78, 5) is 4.69. The summed E-state index contributed by atoms with van der Waals surface area (Å²) in [7, 11) is -3.79. The maximum atomic E-state index is 13.3. The van der Waals surface area contributed by atoms with Crippen LogP contribution in [0.1, 0.15) is 32.0 Å². The van der Waals surface area contributed by atoms with Gasteiger partial charge in [0.2, 0.25) is 9.84 Å². The second kappa shape index (κ2) is 6.55. The van der Waals surface area contributed by atoms with Gasteiger partial charge in [0.05, 0.1) is 4.90 Å². The number of rotatable bonds is 3. The minimum absolute atomic E-state index is 0.0523. The fourth-order valence-electron chi connectivity index (χ4n) is 2.68. The van der Waals surface area contributed by atoms with Crippen molar-refractivity contribution in [2.24, 2.45) is 0 Å². The van der Waals surface area contributed by atoms with Gasteiger partial charge in [0, 0.05) is 5.69 Å². The molecule has 138 valence electrons. The van der Waals surface area contributed by atoms with Crippen molar-refractivity contribution in [3.63, 3.8) is 0 Å². The summed E-state index contributed by atoms with van der Waals surface area (Å²) >= 11 is 7.48. The molecule has 0 unspecified atom stereocenters. The highest BCUT2D eigenvalue weighted by Crippen LogP contribution is 2.34. The zero-order valence-corrected chi connectivity index (χ0v) is 17.6. The Kier molecular flexibility index (Phi) is 4.83. The lowest BCUT2D eigenvalue weighted by Crippen LogP contribution is -2.11. The molecule has 3 rings (SSSR count). The van der Waals surface area contributed by atoms with Crippen LogP contribution in [0.5, 0.6) is 0 Å². The van der Waals surface area contributed by atoms with Gasteiger partial charge in [-0.05, 0) is 42.4 Å². The Hall–Kier alpha value is -1.57. The summed E-state index contributed by atoms with van der Waals surface area (Å²) in [5.41, 5.74) is 1.90. The molecule has 2 heterocycles. The lowest BCUT2D eigenvalue weighted by atomic mass is 9.87. The molecule has 0 amide bonds. The van der Waals surface area contributed by atoms with E-state index in [4.69, 9.17) is 11.6 Å². The van der Waals surface area contributed by atoms with Gasteiger partial charge in [-0.25, -0.2) is 17.9 Å². The van der Waals surface area contributed by atoms with Gasteiger partial charge in [-0.15, -0.1) is 11.8 Å². The highest BCUT2D eigenvalue weighted by Gasteiger charge is 2.29. The topological polar surface area (TPSA) is 64.3 Å². The number of hydrogen-bond acceptors (Lipinski definition) is 5. The van der Waals surface area contributed by atoms with Crippen molar-refractivity contribution in [2.45, 2.75) is 47.9 Å². The highest BCUT2D eigenvalue weighted by atomic mass is 35.5. The van der Waals surface area contributed by atoms with Crippen LogP contribution in [0.25, 0.3) is 5.65 Å². The van der Waals surface area contributed by atoms with E-state index < -0.39 is 9.84 Å². The van der Waals surface area contributed by atoms with Crippen molar-refractivity contribution in [3.05, 3.63) is 46.7 Å². The van der Waals surface area contributed by atoms with Crippen LogP contribution in [0.3, 0.4) is 0 Å². The molecule has 0 fully saturated rings. The summed E-state index contributed by atoms with van der Waals surface area (Å²) in [5.74, 6) is 0. The van der Waals surface area contributed by atoms with E-state index in [1.54, 1.807) is 31.4 Å². The van der Waals surface area contributed by atoms with E-state index in [-0.39, 0.29) is 20.9 Å². The molecule has 0 atom stereocenters. The molecule has 0 N–H and O–H groups in total. The summed E-state index contributed by atoms with van der Waals surface area (Å²) < 4.78 is 28.0. The van der Waals surface area contributed by atoms with Crippen LogP contribution in [0.2, 0.25) is 5.15 Å². The van der Waals surface area contributed by atoms with E-state index in [1.807, 2.05) is 12.1 Å². The second-order valence-corrected chi connectivity index (χ2v) is 10.1. The fourth-order valence-corrected chi connectivity index (χ4v) is 5.34. The molecule has 0 aliphatic rings. The van der Waals surface area contributed by atoms with Crippen LogP contribution >= 0.6 is 23.4 Å². The first-order valence-corrected chi connectivity index (χ1v) is 11.1. The van der Waals surface area contributed by atoms with E-state index in [0.29, 0.717) is 15.9 Å². The highest BCUT2D eigenvalue weighted by molar-refractivity contribution is 7.99. The number of thioether (sulfide) groups is 1. The number of aryl methyl sites for hydroxylation is 1. The predicted octanol–water partition coefficient (Wildman–Crippen LogP) is 4.54. The van der Waals surface area contributed by atoms with E-state index in [9.17, 15) is 8.42 Å². The molecule has 0 saturated carbocycles. The number of halogens is 1. The lowest BCUT2D eigenvalue weighted by Gasteiger charge is -2.19. The minimum Gasteiger partial charge on any atom is -0.233 e. The molecule has 1 aromatic carbocycles. The number of sulfone groups is 1. The molecule has 0 aliphatic heterocycles. The summed E-state index contributed by atoms with van der Waals surface area (Å²) in [6.07, 6.45) is 1.78. The predicted molar refractivity (Wildman–Crippen MR) is 105 cm³/mol. The largest absolute Gasteiger partial charge is 0.233 e. The molecule has 0 spiro atoms. The van der Waals surface area contributed by atoms with Crippen molar-refractivity contribution in [1.29, 1.82) is 0 Å². The summed E-state index contributed by atoms with van der Waals surface area (Å²) in [5, 5.41) is 5.03. The zero-order chi connectivity index (χ0) is 19.3. The molecular formula is C18H20ClN3O2S2. The van der Waals surface area contributed by atoms with Crippen molar-refractivity contribution in [1.82, 2.24) is 14.6 Å². The van der Waals surface area contributed by atoms with E-state index >= 15 is 0 Å². The van der Waals surface area contributed by atoms with E-state index in [2.05, 4.69) is 30.9 Å². The Balaban J connectivity index is 2.24. The van der Waals surface area contributed by atoms with Gasteiger partial charge in [-0.1, -0.05) is 44.5 Å². The third-order valence-electron chi connectivity index (χ3n) is 4.09. The van der Waals surface area contributed by atoms with Crippen LogP contribution in [0, 0.1) is 6.92 Å². The molecule has 26 heavy (non-hydrogen) atoms. The molecule has 8 heteroatoms. The second-order valence-electron chi connectivity index (χ2n) is 7.07. The van der Waals surface area contributed by atoms with Gasteiger partial charge in [0.1, 0.15) is 10.2 Å². The van der Waals surface area contributed by atoms with Crippen LogP contribution in [0.15, 0.2) is 45.1 Å². The van der Waals surface area contributed by atoms with Gasteiger partial charge < -0.3 is 0 Å². The Labute approximate surface area is 162 Å². The molecule has 0 bridgehead atoms. The first kappa shape index (κ1) is 19.2. The van der Waals surface area contributed by atoms with Gasteiger partial charge >= 0.3 is 0 Å². The normalized spacial score (nSPS) is 12.7. The lowest BCUT2D eigenvalue weighted by molar-refractivity contribution is 0.586.